The fraction of sp³-hybridized carbons (Fsp3) is 0. The molecule has 0 N–H and O–H groups in total. The normalized spacial score (nSPS) is 11.5. The van der Waals surface area contributed by atoms with E-state index in [1.54, 1.807) is 0 Å². The number of aromatic nitrogens is 2. The molecule has 0 saturated heterocycles. The van der Waals surface area contributed by atoms with E-state index in [0.29, 0.717) is 5.82 Å². The van der Waals surface area contributed by atoms with Gasteiger partial charge in [-0.25, -0.2) is 9.97 Å². The number of nitrogens with zero attached hydrogens (tertiary/aromatic N) is 2. The van der Waals surface area contributed by atoms with E-state index in [1.165, 1.54) is 54.6 Å². The summed E-state index contributed by atoms with van der Waals surface area (Å²) < 4.78 is 0. The molecule has 0 aliphatic heterocycles. The molecule has 0 spiro atoms. The van der Waals surface area contributed by atoms with E-state index in [0.717, 1.165) is 38.9 Å². The van der Waals surface area contributed by atoms with Crippen molar-refractivity contribution in [1.82, 2.24) is 9.97 Å². The highest BCUT2D eigenvalue weighted by atomic mass is 14.9. The summed E-state index contributed by atoms with van der Waals surface area (Å²) in [6.45, 7) is 0. The van der Waals surface area contributed by atoms with Crippen molar-refractivity contribution in [2.75, 3.05) is 0 Å². The number of rotatable bonds is 5. The largest absolute Gasteiger partial charge is 0.228 e. The summed E-state index contributed by atoms with van der Waals surface area (Å²) in [5.41, 5.74) is 9.79. The standard InChI is InChI=1S/C50H32N2/c1-2-15-35(16-3-1)50-51-48(46-29-27-39(40-20-8-10-22-43(40)46)37-26-25-33-13-4-5-17-36(33)31-37)32-49(52-50)47-30-28-45(42-21-9-11-23-44(42)47)41-24-12-18-34-14-6-7-19-38(34)41/h1-32H. The van der Waals surface area contributed by atoms with Crippen LogP contribution in [-0.4, -0.2) is 9.97 Å². The zero-order valence-corrected chi connectivity index (χ0v) is 28.4. The van der Waals surface area contributed by atoms with E-state index in [9.17, 15) is 0 Å². The highest BCUT2D eigenvalue weighted by Crippen LogP contribution is 2.41. The van der Waals surface area contributed by atoms with E-state index >= 15 is 0 Å². The second-order valence-electron chi connectivity index (χ2n) is 13.3. The van der Waals surface area contributed by atoms with Crippen LogP contribution in [0.25, 0.3) is 99.2 Å². The summed E-state index contributed by atoms with van der Waals surface area (Å²) in [5.74, 6) is 0.706. The van der Waals surface area contributed by atoms with Gasteiger partial charge in [0.1, 0.15) is 0 Å². The molecule has 0 aliphatic rings. The number of fused-ring (bicyclic) bond motifs is 4. The molecule has 0 fully saturated rings. The van der Waals surface area contributed by atoms with E-state index in [1.807, 2.05) is 18.2 Å². The lowest BCUT2D eigenvalue weighted by molar-refractivity contribution is 1.19. The Labute approximate surface area is 302 Å². The van der Waals surface area contributed by atoms with Crippen molar-refractivity contribution in [1.29, 1.82) is 0 Å². The number of benzene rings is 9. The van der Waals surface area contributed by atoms with Gasteiger partial charge in [-0.3, -0.25) is 0 Å². The van der Waals surface area contributed by atoms with Gasteiger partial charge in [0.25, 0.3) is 0 Å². The summed E-state index contributed by atoms with van der Waals surface area (Å²) in [7, 11) is 0. The van der Waals surface area contributed by atoms with Crippen LogP contribution in [0.5, 0.6) is 0 Å². The first kappa shape index (κ1) is 30.0. The smallest absolute Gasteiger partial charge is 0.160 e. The van der Waals surface area contributed by atoms with Gasteiger partial charge in [0.15, 0.2) is 5.82 Å². The zero-order chi connectivity index (χ0) is 34.4. The molecule has 0 unspecified atom stereocenters. The van der Waals surface area contributed by atoms with Crippen LogP contribution in [0.4, 0.5) is 0 Å². The Morgan fingerprint density at radius 2 is 0.731 bits per heavy atom. The Hall–Kier alpha value is -6.90. The molecular formula is C50H32N2. The Bertz CT molecular complexity index is 2960. The van der Waals surface area contributed by atoms with E-state index in [-0.39, 0.29) is 0 Å². The van der Waals surface area contributed by atoms with Gasteiger partial charge < -0.3 is 0 Å². The zero-order valence-electron chi connectivity index (χ0n) is 28.4. The maximum atomic E-state index is 5.26. The fourth-order valence-electron chi connectivity index (χ4n) is 7.79. The van der Waals surface area contributed by atoms with E-state index < -0.39 is 0 Å². The molecule has 2 nitrogen and oxygen atoms in total. The molecular weight excluding hydrogens is 629 g/mol. The van der Waals surface area contributed by atoms with Gasteiger partial charge >= 0.3 is 0 Å². The van der Waals surface area contributed by atoms with Crippen LogP contribution >= 0.6 is 0 Å². The average molecular weight is 661 g/mol. The van der Waals surface area contributed by atoms with Gasteiger partial charge in [-0.1, -0.05) is 182 Å². The van der Waals surface area contributed by atoms with Gasteiger partial charge in [-0.15, -0.1) is 0 Å². The summed E-state index contributed by atoms with van der Waals surface area (Å²) in [4.78, 5) is 10.5. The van der Waals surface area contributed by atoms with Crippen molar-refractivity contribution in [3.8, 4) is 56.2 Å². The van der Waals surface area contributed by atoms with Gasteiger partial charge in [0.05, 0.1) is 11.4 Å². The maximum Gasteiger partial charge on any atom is 0.160 e. The van der Waals surface area contributed by atoms with Crippen LogP contribution < -0.4 is 0 Å². The molecule has 242 valence electrons. The molecule has 2 heteroatoms. The van der Waals surface area contributed by atoms with Crippen molar-refractivity contribution in [3.63, 3.8) is 0 Å². The van der Waals surface area contributed by atoms with Crippen molar-refractivity contribution >= 4 is 43.1 Å². The molecule has 0 amide bonds. The molecule has 10 rings (SSSR count). The second kappa shape index (κ2) is 12.5. The Morgan fingerprint density at radius 1 is 0.250 bits per heavy atom. The number of hydrogen-bond donors (Lipinski definition) is 0. The van der Waals surface area contributed by atoms with Crippen molar-refractivity contribution in [3.05, 3.63) is 194 Å². The highest BCUT2D eigenvalue weighted by molar-refractivity contribution is 6.10. The third-order valence-electron chi connectivity index (χ3n) is 10.3. The van der Waals surface area contributed by atoms with Crippen molar-refractivity contribution in [2.45, 2.75) is 0 Å². The molecule has 9 aromatic carbocycles. The predicted molar refractivity (Wildman–Crippen MR) is 219 cm³/mol. The Kier molecular flexibility index (Phi) is 7.18. The minimum Gasteiger partial charge on any atom is -0.228 e. The van der Waals surface area contributed by atoms with E-state index in [2.05, 4.69) is 176 Å². The molecule has 0 radical (unpaired) electrons. The minimum atomic E-state index is 0.706. The lowest BCUT2D eigenvalue weighted by Crippen LogP contribution is -1.97. The topological polar surface area (TPSA) is 25.8 Å². The minimum absolute atomic E-state index is 0.706. The average Bonchev–Trinajstić information content (AvgIpc) is 3.22. The monoisotopic (exact) mass is 660 g/mol. The number of hydrogen-bond acceptors (Lipinski definition) is 2. The van der Waals surface area contributed by atoms with Crippen LogP contribution in [-0.2, 0) is 0 Å². The first-order valence-corrected chi connectivity index (χ1v) is 17.7. The van der Waals surface area contributed by atoms with Crippen molar-refractivity contribution < 1.29 is 0 Å². The van der Waals surface area contributed by atoms with Crippen LogP contribution in [0.2, 0.25) is 0 Å². The predicted octanol–water partition coefficient (Wildman–Crippen LogP) is 13.4. The highest BCUT2D eigenvalue weighted by Gasteiger charge is 2.17. The van der Waals surface area contributed by atoms with E-state index in [4.69, 9.17) is 9.97 Å². The third kappa shape index (κ3) is 5.12. The molecule has 0 bridgehead atoms. The molecule has 10 aromatic rings. The second-order valence-corrected chi connectivity index (χ2v) is 13.3. The molecule has 52 heavy (non-hydrogen) atoms. The van der Waals surface area contributed by atoms with Gasteiger partial charge in [0.2, 0.25) is 0 Å². The van der Waals surface area contributed by atoms with Crippen LogP contribution in [0, 0.1) is 0 Å². The van der Waals surface area contributed by atoms with Crippen molar-refractivity contribution in [2.24, 2.45) is 0 Å². The molecule has 0 atom stereocenters. The summed E-state index contributed by atoms with van der Waals surface area (Å²) in [6.07, 6.45) is 0. The van der Waals surface area contributed by atoms with Crippen LogP contribution in [0.1, 0.15) is 0 Å². The summed E-state index contributed by atoms with van der Waals surface area (Å²) >= 11 is 0. The van der Waals surface area contributed by atoms with Crippen LogP contribution in [0.15, 0.2) is 194 Å². The molecule has 0 saturated carbocycles. The molecule has 1 aromatic heterocycles. The quantitative estimate of drug-likeness (QED) is 0.184. The molecule has 0 aliphatic carbocycles. The SMILES string of the molecule is c1ccc(-c2nc(-c3ccc(-c4ccc5ccccc5c4)c4ccccc34)cc(-c3ccc(-c4cccc5ccccc45)c4ccccc34)n2)cc1. The first-order chi connectivity index (χ1) is 25.8. The maximum absolute atomic E-state index is 5.26. The summed E-state index contributed by atoms with van der Waals surface area (Å²) in [5, 5.41) is 9.68. The Morgan fingerprint density at radius 3 is 1.42 bits per heavy atom. The lowest BCUT2D eigenvalue weighted by Gasteiger charge is -2.16. The lowest BCUT2D eigenvalue weighted by atomic mass is 9.90. The van der Waals surface area contributed by atoms with Gasteiger partial charge in [-0.2, -0.15) is 0 Å². The first-order valence-electron chi connectivity index (χ1n) is 17.7. The van der Waals surface area contributed by atoms with Gasteiger partial charge in [-0.05, 0) is 77.5 Å². The third-order valence-corrected chi connectivity index (χ3v) is 10.3. The molecule has 1 heterocycles. The summed E-state index contributed by atoms with van der Waals surface area (Å²) in [6, 6.07) is 69.3. The van der Waals surface area contributed by atoms with Gasteiger partial charge in [0, 0.05) is 16.7 Å². The van der Waals surface area contributed by atoms with Crippen LogP contribution in [0.3, 0.4) is 0 Å². The fourth-order valence-corrected chi connectivity index (χ4v) is 7.79. The Balaban J connectivity index is 1.18.